The van der Waals surface area contributed by atoms with E-state index in [0.29, 0.717) is 0 Å². The largest absolute Gasteiger partial charge is 0.390 e. The van der Waals surface area contributed by atoms with Crippen molar-refractivity contribution in [3.05, 3.63) is 35.4 Å². The molecule has 1 fully saturated rings. The third-order valence-corrected chi connectivity index (χ3v) is 2.86. The van der Waals surface area contributed by atoms with Crippen molar-refractivity contribution in [2.24, 2.45) is 0 Å². The van der Waals surface area contributed by atoms with E-state index in [-0.39, 0.29) is 5.60 Å². The molecular formula is C13H14O. The Hall–Kier alpha value is -1.26. The minimum atomic E-state index is -0.373. The molecule has 1 aliphatic carbocycles. The van der Waals surface area contributed by atoms with Crippen molar-refractivity contribution in [1.82, 2.24) is 0 Å². The Labute approximate surface area is 84.8 Å². The van der Waals surface area contributed by atoms with Crippen LogP contribution < -0.4 is 0 Å². The molecule has 0 amide bonds. The minimum Gasteiger partial charge on any atom is -0.390 e. The monoisotopic (exact) mass is 186 g/mol. The Morgan fingerprint density at radius 1 is 1.36 bits per heavy atom. The molecule has 1 N–H and O–H groups in total. The molecule has 1 heteroatoms. The van der Waals surface area contributed by atoms with Gasteiger partial charge in [0, 0.05) is 5.56 Å². The minimum absolute atomic E-state index is 0.373. The van der Waals surface area contributed by atoms with Crippen LogP contribution in [0.3, 0.4) is 0 Å². The standard InChI is InChI=1S/C13H14O/c1-2-11-5-3-4-6-12(11)7-8-13(14)9-10-13/h1,3-6,14H,7-10H2. The van der Waals surface area contributed by atoms with E-state index in [1.807, 2.05) is 24.3 Å². The molecule has 0 spiro atoms. The third-order valence-electron chi connectivity index (χ3n) is 2.86. The molecule has 72 valence electrons. The Kier molecular flexibility index (Phi) is 2.31. The number of hydrogen-bond acceptors (Lipinski definition) is 1. The van der Waals surface area contributed by atoms with E-state index < -0.39 is 0 Å². The zero-order valence-corrected chi connectivity index (χ0v) is 8.16. The first-order valence-corrected chi connectivity index (χ1v) is 5.00. The summed E-state index contributed by atoms with van der Waals surface area (Å²) >= 11 is 0. The summed E-state index contributed by atoms with van der Waals surface area (Å²) in [5, 5.41) is 9.70. The Morgan fingerprint density at radius 2 is 2.07 bits per heavy atom. The molecule has 0 aromatic heterocycles. The lowest BCUT2D eigenvalue weighted by Gasteiger charge is -2.08. The van der Waals surface area contributed by atoms with Crippen molar-refractivity contribution < 1.29 is 5.11 Å². The van der Waals surface area contributed by atoms with Crippen LogP contribution in [0.4, 0.5) is 0 Å². The van der Waals surface area contributed by atoms with Crippen LogP contribution in [0.2, 0.25) is 0 Å². The summed E-state index contributed by atoms with van der Waals surface area (Å²) in [5.41, 5.74) is 1.76. The van der Waals surface area contributed by atoms with Crippen LogP contribution >= 0.6 is 0 Å². The normalized spacial score (nSPS) is 17.4. The number of rotatable bonds is 3. The molecule has 1 aliphatic rings. The van der Waals surface area contributed by atoms with Crippen molar-refractivity contribution in [2.45, 2.75) is 31.3 Å². The van der Waals surface area contributed by atoms with Gasteiger partial charge in [0.25, 0.3) is 0 Å². The quantitative estimate of drug-likeness (QED) is 0.717. The molecule has 0 heterocycles. The first-order valence-electron chi connectivity index (χ1n) is 5.00. The molecule has 1 aromatic carbocycles. The Balaban J connectivity index is 2.05. The summed E-state index contributed by atoms with van der Waals surface area (Å²) in [6.07, 6.45) is 9.02. The van der Waals surface area contributed by atoms with E-state index in [0.717, 1.165) is 31.2 Å². The summed E-state index contributed by atoms with van der Waals surface area (Å²) in [7, 11) is 0. The van der Waals surface area contributed by atoms with Gasteiger partial charge in [-0.3, -0.25) is 0 Å². The first kappa shape index (κ1) is 9.30. The summed E-state index contributed by atoms with van der Waals surface area (Å²) in [6, 6.07) is 7.94. The van der Waals surface area contributed by atoms with Gasteiger partial charge in [-0.15, -0.1) is 6.42 Å². The SMILES string of the molecule is C#Cc1ccccc1CCC1(O)CC1. The molecule has 0 aliphatic heterocycles. The van der Waals surface area contributed by atoms with Gasteiger partial charge in [-0.25, -0.2) is 0 Å². The Bertz CT molecular complexity index is 369. The number of benzene rings is 1. The number of aryl methyl sites for hydroxylation is 1. The van der Waals surface area contributed by atoms with E-state index in [9.17, 15) is 5.11 Å². The van der Waals surface area contributed by atoms with E-state index in [4.69, 9.17) is 6.42 Å². The molecule has 2 rings (SSSR count). The number of aliphatic hydroxyl groups is 1. The molecule has 0 atom stereocenters. The van der Waals surface area contributed by atoms with Crippen molar-refractivity contribution in [2.75, 3.05) is 0 Å². The lowest BCUT2D eigenvalue weighted by Crippen LogP contribution is -2.08. The van der Waals surface area contributed by atoms with Crippen LogP contribution in [0.25, 0.3) is 0 Å². The van der Waals surface area contributed by atoms with Crippen molar-refractivity contribution >= 4 is 0 Å². The van der Waals surface area contributed by atoms with E-state index in [1.165, 1.54) is 5.56 Å². The van der Waals surface area contributed by atoms with E-state index in [2.05, 4.69) is 5.92 Å². The maximum atomic E-state index is 9.70. The lowest BCUT2D eigenvalue weighted by molar-refractivity contribution is 0.140. The second kappa shape index (κ2) is 3.48. The van der Waals surface area contributed by atoms with Crippen LogP contribution in [-0.2, 0) is 6.42 Å². The molecule has 0 unspecified atom stereocenters. The first-order chi connectivity index (χ1) is 6.73. The van der Waals surface area contributed by atoms with E-state index >= 15 is 0 Å². The van der Waals surface area contributed by atoms with Crippen LogP contribution in [0.15, 0.2) is 24.3 Å². The highest BCUT2D eigenvalue weighted by molar-refractivity contribution is 5.39. The number of terminal acetylenes is 1. The van der Waals surface area contributed by atoms with Crippen LogP contribution in [-0.4, -0.2) is 10.7 Å². The average molecular weight is 186 g/mol. The molecule has 0 saturated heterocycles. The second-order valence-corrected chi connectivity index (χ2v) is 4.03. The van der Waals surface area contributed by atoms with Gasteiger partial charge in [0.05, 0.1) is 5.60 Å². The molecule has 1 saturated carbocycles. The van der Waals surface area contributed by atoms with Crippen LogP contribution in [0.5, 0.6) is 0 Å². The summed E-state index contributed by atoms with van der Waals surface area (Å²) in [4.78, 5) is 0. The van der Waals surface area contributed by atoms with E-state index in [1.54, 1.807) is 0 Å². The van der Waals surface area contributed by atoms with Gasteiger partial charge in [-0.2, -0.15) is 0 Å². The van der Waals surface area contributed by atoms with Gasteiger partial charge in [-0.05, 0) is 37.3 Å². The van der Waals surface area contributed by atoms with Gasteiger partial charge in [-0.1, -0.05) is 24.1 Å². The van der Waals surface area contributed by atoms with Crippen molar-refractivity contribution in [1.29, 1.82) is 0 Å². The van der Waals surface area contributed by atoms with Gasteiger partial charge in [0.15, 0.2) is 0 Å². The third kappa shape index (κ3) is 1.97. The molecular weight excluding hydrogens is 172 g/mol. The highest BCUT2D eigenvalue weighted by Crippen LogP contribution is 2.39. The molecule has 0 bridgehead atoms. The predicted octanol–water partition coefficient (Wildman–Crippen LogP) is 2.13. The average Bonchev–Trinajstić information content (AvgIpc) is 2.95. The number of hydrogen-bond donors (Lipinski definition) is 1. The highest BCUT2D eigenvalue weighted by Gasteiger charge is 2.39. The predicted molar refractivity (Wildman–Crippen MR) is 56.9 cm³/mol. The van der Waals surface area contributed by atoms with Gasteiger partial charge < -0.3 is 5.11 Å². The molecule has 1 nitrogen and oxygen atoms in total. The molecule has 14 heavy (non-hydrogen) atoms. The smallest absolute Gasteiger partial charge is 0.0653 e. The summed E-state index contributed by atoms with van der Waals surface area (Å²) in [5.74, 6) is 2.67. The fourth-order valence-electron chi connectivity index (χ4n) is 1.64. The highest BCUT2D eigenvalue weighted by atomic mass is 16.3. The van der Waals surface area contributed by atoms with Gasteiger partial charge >= 0.3 is 0 Å². The topological polar surface area (TPSA) is 20.2 Å². The maximum Gasteiger partial charge on any atom is 0.0653 e. The summed E-state index contributed by atoms with van der Waals surface area (Å²) < 4.78 is 0. The maximum absolute atomic E-state index is 9.70. The van der Waals surface area contributed by atoms with Crippen LogP contribution in [0, 0.1) is 12.3 Å². The molecule has 0 radical (unpaired) electrons. The van der Waals surface area contributed by atoms with Crippen LogP contribution in [0.1, 0.15) is 30.4 Å². The van der Waals surface area contributed by atoms with Crippen molar-refractivity contribution in [3.63, 3.8) is 0 Å². The fourth-order valence-corrected chi connectivity index (χ4v) is 1.64. The van der Waals surface area contributed by atoms with Gasteiger partial charge in [0.1, 0.15) is 0 Å². The zero-order valence-electron chi connectivity index (χ0n) is 8.16. The lowest BCUT2D eigenvalue weighted by atomic mass is 10.0. The van der Waals surface area contributed by atoms with Gasteiger partial charge in [0.2, 0.25) is 0 Å². The Morgan fingerprint density at radius 3 is 2.71 bits per heavy atom. The summed E-state index contributed by atoms with van der Waals surface area (Å²) in [6.45, 7) is 0. The van der Waals surface area contributed by atoms with Crippen molar-refractivity contribution in [3.8, 4) is 12.3 Å². The second-order valence-electron chi connectivity index (χ2n) is 4.03. The zero-order chi connectivity index (χ0) is 10.0. The fraction of sp³-hybridized carbons (Fsp3) is 0.385. The molecule has 1 aromatic rings.